The number of hydrogen-bond acceptors (Lipinski definition) is 5. The van der Waals surface area contributed by atoms with Gasteiger partial charge in [0.25, 0.3) is 0 Å². The van der Waals surface area contributed by atoms with Crippen LogP contribution in [0.2, 0.25) is 0 Å². The largest absolute Gasteiger partial charge is 0.573 e. The van der Waals surface area contributed by atoms with Crippen LogP contribution in [0.3, 0.4) is 0 Å². The van der Waals surface area contributed by atoms with Crippen LogP contribution in [0.5, 0.6) is 5.75 Å². The third-order valence-electron chi connectivity index (χ3n) is 6.32. The first-order chi connectivity index (χ1) is 17.9. The Labute approximate surface area is 235 Å². The van der Waals surface area contributed by atoms with E-state index in [-0.39, 0.29) is 10.9 Å². The lowest BCUT2D eigenvalue weighted by atomic mass is 9.87. The van der Waals surface area contributed by atoms with Gasteiger partial charge in [0.15, 0.2) is 0 Å². The van der Waals surface area contributed by atoms with Crippen LogP contribution in [-0.4, -0.2) is 38.1 Å². The summed E-state index contributed by atoms with van der Waals surface area (Å²) in [5.41, 5.74) is 1.96. The molecule has 1 aliphatic carbocycles. The molecule has 0 bridgehead atoms. The third-order valence-corrected chi connectivity index (χ3v) is 8.88. The average molecular weight is 678 g/mol. The Morgan fingerprint density at radius 3 is 1.84 bits per heavy atom. The topological polar surface area (TPSA) is 87.7 Å². The van der Waals surface area contributed by atoms with Gasteiger partial charge in [0.2, 0.25) is 10.0 Å². The van der Waals surface area contributed by atoms with Gasteiger partial charge in [-0.25, -0.2) is 13.1 Å². The number of aliphatic hydroxyl groups is 1. The number of sulfonamides is 1. The van der Waals surface area contributed by atoms with Crippen molar-refractivity contribution in [2.45, 2.75) is 54.7 Å². The molecule has 1 fully saturated rings. The molecule has 0 unspecified atom stereocenters. The number of ether oxygens (including phenoxy) is 1. The maximum Gasteiger partial charge on any atom is 0.573 e. The summed E-state index contributed by atoms with van der Waals surface area (Å²) in [6, 6.07) is 18.1. The van der Waals surface area contributed by atoms with Crippen molar-refractivity contribution in [2.75, 3.05) is 0 Å². The van der Waals surface area contributed by atoms with Crippen molar-refractivity contribution in [3.8, 4) is 5.75 Å². The first-order valence-electron chi connectivity index (χ1n) is 11.7. The van der Waals surface area contributed by atoms with Crippen LogP contribution in [-0.2, 0) is 10.0 Å². The van der Waals surface area contributed by atoms with Crippen molar-refractivity contribution in [2.24, 2.45) is 0 Å². The Bertz CT molecular complexity index is 1280. The Kier molecular flexibility index (Phi) is 9.21. The van der Waals surface area contributed by atoms with Crippen molar-refractivity contribution in [3.05, 3.63) is 92.9 Å². The molecule has 0 saturated heterocycles. The molecule has 3 atom stereocenters. The summed E-state index contributed by atoms with van der Waals surface area (Å²) in [4.78, 5) is -0.225. The quantitative estimate of drug-likeness (QED) is 0.270. The summed E-state index contributed by atoms with van der Waals surface area (Å²) < 4.78 is 71.4. The van der Waals surface area contributed by atoms with Crippen LogP contribution in [0.25, 0.3) is 0 Å². The van der Waals surface area contributed by atoms with Crippen molar-refractivity contribution in [1.82, 2.24) is 10.0 Å². The number of hydrogen-bond donors (Lipinski definition) is 3. The highest BCUT2D eigenvalue weighted by Gasteiger charge is 2.36. The van der Waals surface area contributed by atoms with Crippen LogP contribution >= 0.6 is 31.9 Å². The molecule has 12 heteroatoms. The molecule has 6 nitrogen and oxygen atoms in total. The second kappa shape index (κ2) is 12.1. The number of nitrogens with one attached hydrogen (secondary N) is 2. The lowest BCUT2D eigenvalue weighted by Crippen LogP contribution is -2.56. The van der Waals surface area contributed by atoms with Gasteiger partial charge in [0.05, 0.1) is 17.0 Å². The summed E-state index contributed by atoms with van der Waals surface area (Å²) in [5, 5.41) is 14.7. The van der Waals surface area contributed by atoms with E-state index in [2.05, 4.69) is 46.6 Å². The minimum absolute atomic E-state index is 0.225. The third kappa shape index (κ3) is 7.57. The van der Waals surface area contributed by atoms with Gasteiger partial charge in [-0.1, -0.05) is 62.5 Å². The molecular formula is C26H25Br2F3N2O4S. The summed E-state index contributed by atoms with van der Waals surface area (Å²) >= 11 is 6.90. The van der Waals surface area contributed by atoms with Gasteiger partial charge in [-0.05, 0) is 72.5 Å². The maximum absolute atomic E-state index is 13.0. The van der Waals surface area contributed by atoms with E-state index in [1.165, 1.54) is 0 Å². The molecule has 0 heterocycles. The van der Waals surface area contributed by atoms with E-state index in [9.17, 15) is 26.7 Å². The highest BCUT2D eigenvalue weighted by molar-refractivity contribution is 9.10. The van der Waals surface area contributed by atoms with Gasteiger partial charge < -0.3 is 15.2 Å². The molecule has 1 saturated carbocycles. The molecule has 0 spiro atoms. The normalized spacial score (nSPS) is 20.4. The zero-order chi connectivity index (χ0) is 27.5. The number of halogens is 5. The molecular weight excluding hydrogens is 653 g/mol. The van der Waals surface area contributed by atoms with E-state index in [4.69, 9.17) is 0 Å². The van der Waals surface area contributed by atoms with Gasteiger partial charge in [0.1, 0.15) is 5.75 Å². The van der Waals surface area contributed by atoms with Crippen LogP contribution in [0.15, 0.2) is 86.6 Å². The van der Waals surface area contributed by atoms with Gasteiger partial charge in [0, 0.05) is 21.0 Å². The second-order valence-corrected chi connectivity index (χ2v) is 12.5. The van der Waals surface area contributed by atoms with E-state index in [1.807, 2.05) is 48.5 Å². The van der Waals surface area contributed by atoms with Crippen molar-refractivity contribution >= 4 is 41.9 Å². The summed E-state index contributed by atoms with van der Waals surface area (Å²) in [7, 11) is -4.10. The molecule has 3 aromatic rings. The lowest BCUT2D eigenvalue weighted by Gasteiger charge is -2.38. The molecule has 1 aliphatic rings. The molecule has 204 valence electrons. The van der Waals surface area contributed by atoms with Crippen molar-refractivity contribution in [1.29, 1.82) is 0 Å². The minimum atomic E-state index is -4.88. The number of aliphatic hydroxyl groups excluding tert-OH is 1. The highest BCUT2D eigenvalue weighted by atomic mass is 79.9. The fourth-order valence-corrected chi connectivity index (χ4v) is 6.30. The number of benzene rings is 3. The lowest BCUT2D eigenvalue weighted by molar-refractivity contribution is -0.274. The summed E-state index contributed by atoms with van der Waals surface area (Å²) in [6.45, 7) is 0. The van der Waals surface area contributed by atoms with Gasteiger partial charge in [-0.15, -0.1) is 13.2 Å². The Balaban J connectivity index is 1.50. The average Bonchev–Trinajstić information content (AvgIpc) is 2.85. The standard InChI is InChI=1S/C26H25Br2F3N2O4S/c27-18-8-4-16(5-9-18)24(17-6-10-19(28)11-7-17)32-22-2-1-3-23(25(22)34)33-38(35,36)21-14-12-20(13-15-21)37-26(29,30)31/h4-15,22-25,32-34H,1-3H2/t22-,23+,25+/m1/s1. The smallest absolute Gasteiger partial charge is 0.406 e. The molecule has 0 aromatic heterocycles. The van der Waals surface area contributed by atoms with E-state index in [0.717, 1.165) is 44.3 Å². The Hall–Kier alpha value is -1.96. The Morgan fingerprint density at radius 1 is 0.842 bits per heavy atom. The van der Waals surface area contributed by atoms with Crippen LogP contribution in [0, 0.1) is 0 Å². The maximum atomic E-state index is 13.0. The van der Waals surface area contributed by atoms with Crippen LogP contribution in [0.4, 0.5) is 13.2 Å². The van der Waals surface area contributed by atoms with Crippen LogP contribution < -0.4 is 14.8 Å². The fraction of sp³-hybridized carbons (Fsp3) is 0.308. The predicted molar refractivity (Wildman–Crippen MR) is 144 cm³/mol. The molecule has 38 heavy (non-hydrogen) atoms. The second-order valence-electron chi connectivity index (χ2n) is 8.98. The fourth-order valence-electron chi connectivity index (χ4n) is 4.49. The van der Waals surface area contributed by atoms with Crippen LogP contribution in [0.1, 0.15) is 36.4 Å². The molecule has 0 aliphatic heterocycles. The molecule has 0 radical (unpaired) electrons. The first-order valence-corrected chi connectivity index (χ1v) is 14.8. The van der Waals surface area contributed by atoms with E-state index in [1.54, 1.807) is 0 Å². The Morgan fingerprint density at radius 2 is 1.34 bits per heavy atom. The molecule has 3 N–H and O–H groups in total. The van der Waals surface area contributed by atoms with Gasteiger partial charge in [-0.2, -0.15) is 0 Å². The predicted octanol–water partition coefficient (Wildman–Crippen LogP) is 6.05. The monoisotopic (exact) mass is 676 g/mol. The van der Waals surface area contributed by atoms with Gasteiger partial charge in [-0.3, -0.25) is 0 Å². The van der Waals surface area contributed by atoms with E-state index in [0.29, 0.717) is 19.3 Å². The minimum Gasteiger partial charge on any atom is -0.406 e. The first kappa shape index (κ1) is 29.0. The zero-order valence-electron chi connectivity index (χ0n) is 19.8. The SMILES string of the molecule is O=S(=O)(N[C@H]1CCC[C@@H](NC(c2ccc(Br)cc2)c2ccc(Br)cc2)[C@@H]1O)c1ccc(OC(F)(F)F)cc1. The van der Waals surface area contributed by atoms with Crippen molar-refractivity contribution in [3.63, 3.8) is 0 Å². The van der Waals surface area contributed by atoms with E-state index >= 15 is 0 Å². The number of alkyl halides is 3. The number of rotatable bonds is 8. The zero-order valence-corrected chi connectivity index (χ0v) is 23.8. The molecule has 0 amide bonds. The van der Waals surface area contributed by atoms with Crippen molar-refractivity contribution < 1.29 is 31.4 Å². The van der Waals surface area contributed by atoms with Gasteiger partial charge >= 0.3 is 6.36 Å². The van der Waals surface area contributed by atoms with E-state index < -0.39 is 40.3 Å². The summed E-state index contributed by atoms with van der Waals surface area (Å²) in [6.07, 6.45) is -4.22. The summed E-state index contributed by atoms with van der Waals surface area (Å²) in [5.74, 6) is -0.523. The highest BCUT2D eigenvalue weighted by Crippen LogP contribution is 2.30. The molecule has 3 aromatic carbocycles. The molecule has 4 rings (SSSR count).